The summed E-state index contributed by atoms with van der Waals surface area (Å²) in [5, 5.41) is 1.46. The van der Waals surface area contributed by atoms with Gasteiger partial charge in [0.25, 0.3) is 0 Å². The fraction of sp³-hybridized carbons (Fsp3) is 0.600. The van der Waals surface area contributed by atoms with Crippen molar-refractivity contribution in [2.24, 2.45) is 0 Å². The summed E-state index contributed by atoms with van der Waals surface area (Å²) in [5.74, 6) is 0. The van der Waals surface area contributed by atoms with Gasteiger partial charge in [-0.3, -0.25) is 0 Å². The summed E-state index contributed by atoms with van der Waals surface area (Å²) >= 11 is 2.51. The van der Waals surface area contributed by atoms with Crippen LogP contribution in [0.1, 0.15) is 47.1 Å². The van der Waals surface area contributed by atoms with Crippen molar-refractivity contribution in [1.82, 2.24) is 9.13 Å². The third kappa shape index (κ3) is 3.21. The van der Waals surface area contributed by atoms with E-state index in [1.807, 2.05) is 0 Å². The van der Waals surface area contributed by atoms with Crippen molar-refractivity contribution >= 4 is 41.7 Å². The highest BCUT2D eigenvalue weighted by Crippen LogP contribution is 2.45. The molecule has 0 saturated carbocycles. The number of hydrogen-bond acceptors (Lipinski definition) is 1. The number of rotatable bonds is 6. The third-order valence-corrected chi connectivity index (χ3v) is 13.2. The van der Waals surface area contributed by atoms with Crippen LogP contribution in [0.5, 0.6) is 0 Å². The van der Waals surface area contributed by atoms with Crippen LogP contribution in [-0.2, 0) is 6.54 Å². The summed E-state index contributed by atoms with van der Waals surface area (Å²) in [4.78, 5) is 2.28. The van der Waals surface area contributed by atoms with Crippen molar-refractivity contribution in [2.45, 2.75) is 64.7 Å². The molecule has 0 aliphatic heterocycles. The Morgan fingerprint density at radius 2 is 1.54 bits per heavy atom. The van der Waals surface area contributed by atoms with Crippen LogP contribution in [0, 0.1) is 3.57 Å². The summed E-state index contributed by atoms with van der Waals surface area (Å²) in [6.07, 6.45) is 2.50. The minimum absolute atomic E-state index is 0.707. The van der Waals surface area contributed by atoms with E-state index in [1.165, 1.54) is 20.0 Å². The highest BCUT2D eigenvalue weighted by molar-refractivity contribution is 14.1. The van der Waals surface area contributed by atoms with Gasteiger partial charge in [0.2, 0.25) is 0 Å². The second kappa shape index (κ2) is 7.50. The number of halogens is 1. The molecule has 0 amide bonds. The summed E-state index contributed by atoms with van der Waals surface area (Å²) in [6, 6.07) is 6.81. The Morgan fingerprint density at radius 1 is 1.00 bits per heavy atom. The lowest BCUT2D eigenvalue weighted by molar-refractivity contribution is 0.404. The maximum Gasteiger partial charge on any atom is 0.169 e. The molecule has 1 heterocycles. The van der Waals surface area contributed by atoms with Crippen LogP contribution < -0.4 is 0 Å². The molecule has 0 atom stereocenters. The highest BCUT2D eigenvalue weighted by Gasteiger charge is 2.46. The monoisotopic (exact) mass is 456 g/mol. The maximum absolute atomic E-state index is 2.75. The van der Waals surface area contributed by atoms with Crippen molar-refractivity contribution in [3.05, 3.63) is 33.5 Å². The van der Waals surface area contributed by atoms with Gasteiger partial charge in [-0.25, -0.2) is 0 Å². The third-order valence-electron chi connectivity index (χ3n) is 5.54. The molecule has 0 unspecified atom stereocenters. The summed E-state index contributed by atoms with van der Waals surface area (Å²) in [6.45, 7) is 15.7. The van der Waals surface area contributed by atoms with Gasteiger partial charge < -0.3 is 9.13 Å². The van der Waals surface area contributed by atoms with Gasteiger partial charge in [0, 0.05) is 27.2 Å². The average Bonchev–Trinajstić information content (AvgIpc) is 2.78. The van der Waals surface area contributed by atoms with E-state index in [4.69, 9.17) is 0 Å². The van der Waals surface area contributed by atoms with E-state index in [-0.39, 0.29) is 0 Å². The van der Waals surface area contributed by atoms with E-state index in [0.717, 1.165) is 6.54 Å². The predicted octanol–water partition coefficient (Wildman–Crippen LogP) is 6.33. The Kier molecular flexibility index (Phi) is 6.25. The molecule has 1 aromatic carbocycles. The average molecular weight is 456 g/mol. The van der Waals surface area contributed by atoms with E-state index >= 15 is 0 Å². The van der Waals surface area contributed by atoms with E-state index in [9.17, 15) is 0 Å². The topological polar surface area (TPSA) is 8.17 Å². The molecule has 2 nitrogen and oxygen atoms in total. The number of fused-ring (bicyclic) bond motifs is 1. The predicted molar refractivity (Wildman–Crippen MR) is 118 cm³/mol. The number of benzene rings is 1. The van der Waals surface area contributed by atoms with E-state index < -0.39 is 8.24 Å². The number of aromatic nitrogens is 1. The zero-order chi connectivity index (χ0) is 18.2. The van der Waals surface area contributed by atoms with Gasteiger partial charge in [-0.15, -0.1) is 0 Å². The lowest BCUT2D eigenvalue weighted by atomic mass is 10.2. The molecule has 0 saturated heterocycles. The molecular weight excluding hydrogens is 423 g/mol. The van der Waals surface area contributed by atoms with Gasteiger partial charge in [-0.05, 0) is 71.0 Å². The van der Waals surface area contributed by atoms with Crippen molar-refractivity contribution < 1.29 is 0 Å². The molecule has 0 aliphatic carbocycles. The minimum atomic E-state index is -1.73. The first-order valence-corrected chi connectivity index (χ1v) is 12.3. The van der Waals surface area contributed by atoms with Crippen LogP contribution in [0.2, 0.25) is 16.6 Å². The Balaban J connectivity index is 2.86. The normalized spacial score (nSPS) is 13.2. The molecule has 134 valence electrons. The molecule has 0 bridgehead atoms. The van der Waals surface area contributed by atoms with Crippen LogP contribution in [-0.4, -0.2) is 31.5 Å². The molecule has 0 aliphatic rings. The first-order valence-electron chi connectivity index (χ1n) is 9.07. The van der Waals surface area contributed by atoms with Crippen LogP contribution in [0.4, 0.5) is 0 Å². The molecule has 1 aromatic heterocycles. The molecule has 0 N–H and O–H groups in total. The zero-order valence-corrected chi connectivity index (χ0v) is 19.7. The van der Waals surface area contributed by atoms with Crippen LogP contribution in [0.25, 0.3) is 10.9 Å². The zero-order valence-electron chi connectivity index (χ0n) is 16.5. The molecule has 0 fully saturated rings. The molecule has 2 rings (SSSR count). The van der Waals surface area contributed by atoms with Crippen LogP contribution in [0.3, 0.4) is 0 Å². The quantitative estimate of drug-likeness (QED) is 0.364. The van der Waals surface area contributed by atoms with E-state index in [1.54, 1.807) is 0 Å². The molecule has 0 radical (unpaired) electrons. The standard InChI is InChI=1S/C20H33IN2Si/c1-14(2)24(15(3)4,16(5)6)23-13-17(12-22(7)8)20-18(21)10-9-11-19(20)23/h9-11,13-16H,12H2,1-8H3. The fourth-order valence-electron chi connectivity index (χ4n) is 4.94. The second-order valence-corrected chi connectivity index (χ2v) is 15.1. The van der Waals surface area contributed by atoms with Gasteiger partial charge in [-0.2, -0.15) is 0 Å². The van der Waals surface area contributed by atoms with Gasteiger partial charge >= 0.3 is 0 Å². The van der Waals surface area contributed by atoms with E-state index in [0.29, 0.717) is 16.6 Å². The highest BCUT2D eigenvalue weighted by atomic mass is 127. The van der Waals surface area contributed by atoms with E-state index in [2.05, 4.69) is 112 Å². The van der Waals surface area contributed by atoms with Crippen molar-refractivity contribution in [2.75, 3.05) is 14.1 Å². The van der Waals surface area contributed by atoms with Crippen molar-refractivity contribution in [1.29, 1.82) is 0 Å². The summed E-state index contributed by atoms with van der Waals surface area (Å²) in [5.41, 5.74) is 5.04. The fourth-order valence-corrected chi connectivity index (χ4v) is 12.4. The lowest BCUT2D eigenvalue weighted by Crippen LogP contribution is -2.51. The maximum atomic E-state index is 2.75. The summed E-state index contributed by atoms with van der Waals surface area (Å²) in [7, 11) is 2.60. The van der Waals surface area contributed by atoms with Gasteiger partial charge in [0.1, 0.15) is 0 Å². The number of nitrogens with zero attached hydrogens (tertiary/aromatic N) is 2. The van der Waals surface area contributed by atoms with Crippen molar-refractivity contribution in [3.63, 3.8) is 0 Å². The molecule has 2 aromatic rings. The summed E-state index contributed by atoms with van der Waals surface area (Å²) < 4.78 is 4.13. The Bertz CT molecular complexity index is 679. The Hall–Kier alpha value is -0.333. The van der Waals surface area contributed by atoms with Crippen LogP contribution in [0.15, 0.2) is 24.4 Å². The smallest absolute Gasteiger partial charge is 0.169 e. The molecular formula is C20H33IN2Si. The lowest BCUT2D eigenvalue weighted by Gasteiger charge is -2.44. The molecule has 0 spiro atoms. The Labute approximate surface area is 162 Å². The first-order chi connectivity index (χ1) is 11.1. The van der Waals surface area contributed by atoms with Gasteiger partial charge in [0.15, 0.2) is 8.24 Å². The molecule has 24 heavy (non-hydrogen) atoms. The molecule has 4 heteroatoms. The largest absolute Gasteiger partial charge is 0.373 e. The van der Waals surface area contributed by atoms with Crippen molar-refractivity contribution in [3.8, 4) is 0 Å². The number of hydrogen-bond donors (Lipinski definition) is 0. The first kappa shape index (κ1) is 20.0. The van der Waals surface area contributed by atoms with Gasteiger partial charge in [0.05, 0.1) is 0 Å². The van der Waals surface area contributed by atoms with Gasteiger partial charge in [-0.1, -0.05) is 47.6 Å². The SMILES string of the molecule is CC(C)[Si](C(C)C)(C(C)C)n1cc(CN(C)C)c2c(I)cccc21. The van der Waals surface area contributed by atoms with Crippen LogP contribution >= 0.6 is 22.6 Å². The minimum Gasteiger partial charge on any atom is -0.373 e. The Morgan fingerprint density at radius 3 is 2.00 bits per heavy atom. The second-order valence-electron chi connectivity index (χ2n) is 8.25.